The van der Waals surface area contributed by atoms with E-state index in [0.717, 1.165) is 28.9 Å². The number of hydrogen-bond acceptors (Lipinski definition) is 7. The number of anilines is 2. The Morgan fingerprint density at radius 1 is 1.07 bits per heavy atom. The first-order valence-electron chi connectivity index (χ1n) is 13.3. The summed E-state index contributed by atoms with van der Waals surface area (Å²) in [6, 6.07) is 19.2. The van der Waals surface area contributed by atoms with Crippen LogP contribution in [0.1, 0.15) is 47.1 Å². The van der Waals surface area contributed by atoms with Crippen LogP contribution in [0, 0.1) is 0 Å². The molecule has 1 atom stereocenters. The van der Waals surface area contributed by atoms with Gasteiger partial charge >= 0.3 is 6.18 Å². The fraction of sp³-hybridized carbons (Fsp3) is 0.233. The van der Waals surface area contributed by atoms with E-state index in [4.69, 9.17) is 0 Å². The number of carbonyl (C=O) groups is 2. The summed E-state index contributed by atoms with van der Waals surface area (Å²) in [6.07, 6.45) is -2.82. The van der Waals surface area contributed by atoms with Crippen molar-refractivity contribution in [2.75, 3.05) is 16.0 Å². The smallest absolute Gasteiger partial charge is 0.319 e. The van der Waals surface area contributed by atoms with Crippen molar-refractivity contribution >= 4 is 41.2 Å². The quantitative estimate of drug-likeness (QED) is 0.192. The van der Waals surface area contributed by atoms with Gasteiger partial charge in [0.1, 0.15) is 0 Å². The van der Waals surface area contributed by atoms with Crippen LogP contribution in [0.15, 0.2) is 77.9 Å². The largest absolute Gasteiger partial charge is 0.416 e. The van der Waals surface area contributed by atoms with Crippen molar-refractivity contribution in [3.05, 3.63) is 95.3 Å². The molecule has 2 amide bonds. The Balaban J connectivity index is 1.23. The summed E-state index contributed by atoms with van der Waals surface area (Å²) in [5, 5.41) is 11.2. The molecule has 0 saturated carbocycles. The number of thioether (sulfide) groups is 1. The molecular weight excluding hydrogens is 579 g/mol. The predicted octanol–water partition coefficient (Wildman–Crippen LogP) is 5.86. The van der Waals surface area contributed by atoms with Crippen LogP contribution in [0.2, 0.25) is 0 Å². The number of aromatic nitrogens is 3. The molecule has 1 saturated heterocycles. The Labute approximate surface area is 250 Å². The van der Waals surface area contributed by atoms with E-state index in [-0.39, 0.29) is 28.8 Å². The minimum atomic E-state index is -4.46. The third kappa shape index (κ3) is 6.72. The van der Waals surface area contributed by atoms with Crippen LogP contribution in [-0.4, -0.2) is 44.0 Å². The highest BCUT2D eigenvalue weighted by Crippen LogP contribution is 2.35. The number of aryl methyl sites for hydroxylation is 1. The molecule has 5 rings (SSSR count). The van der Waals surface area contributed by atoms with Gasteiger partial charge in [-0.1, -0.05) is 56.3 Å². The number of halogens is 3. The van der Waals surface area contributed by atoms with Gasteiger partial charge in [-0.2, -0.15) is 23.4 Å². The van der Waals surface area contributed by atoms with E-state index in [2.05, 4.69) is 39.8 Å². The molecule has 1 aliphatic rings. The highest BCUT2D eigenvalue weighted by atomic mass is 32.2. The molecule has 1 aliphatic heterocycles. The summed E-state index contributed by atoms with van der Waals surface area (Å²) < 4.78 is 39.7. The molecule has 0 bridgehead atoms. The number of benzene rings is 3. The molecule has 1 fully saturated rings. The van der Waals surface area contributed by atoms with E-state index in [0.29, 0.717) is 17.1 Å². The van der Waals surface area contributed by atoms with Crippen molar-refractivity contribution < 1.29 is 22.8 Å². The van der Waals surface area contributed by atoms with Crippen molar-refractivity contribution in [2.24, 2.45) is 12.1 Å². The molecule has 2 heterocycles. The Morgan fingerprint density at radius 2 is 1.77 bits per heavy atom. The average molecular weight is 608 g/mol. The maximum Gasteiger partial charge on any atom is 0.416 e. The summed E-state index contributed by atoms with van der Waals surface area (Å²) in [6.45, 7) is 4.19. The van der Waals surface area contributed by atoms with E-state index >= 15 is 0 Å². The number of amides is 2. The Bertz CT molecular complexity index is 1650. The second-order valence-electron chi connectivity index (χ2n) is 10.1. The maximum absolute atomic E-state index is 12.8. The zero-order valence-corrected chi connectivity index (χ0v) is 24.3. The first-order valence-corrected chi connectivity index (χ1v) is 14.4. The SMILES string of the molecule is CC(C)c1ccccc1N1C(=O)CSC1N/N=C/c1ccc(-c2nc(C(=O)Nc3ccc(C(F)(F)F)cc3)n(C)n2)cc1. The van der Waals surface area contributed by atoms with Gasteiger partial charge in [-0.05, 0) is 47.4 Å². The molecule has 4 aromatic rings. The number of carbonyl (C=O) groups excluding carboxylic acids is 2. The summed E-state index contributed by atoms with van der Waals surface area (Å²) in [4.78, 5) is 31.5. The molecule has 1 unspecified atom stereocenters. The third-order valence-electron chi connectivity index (χ3n) is 6.69. The van der Waals surface area contributed by atoms with Gasteiger partial charge < -0.3 is 5.32 Å². The van der Waals surface area contributed by atoms with Crippen LogP contribution in [0.3, 0.4) is 0 Å². The van der Waals surface area contributed by atoms with Crippen LogP contribution < -0.4 is 15.6 Å². The monoisotopic (exact) mass is 607 g/mol. The van der Waals surface area contributed by atoms with Gasteiger partial charge in [-0.25, -0.2) is 9.67 Å². The number of para-hydroxylation sites is 1. The first-order chi connectivity index (χ1) is 20.5. The minimum Gasteiger partial charge on any atom is -0.319 e. The lowest BCUT2D eigenvalue weighted by molar-refractivity contribution is -0.137. The van der Waals surface area contributed by atoms with Crippen molar-refractivity contribution in [2.45, 2.75) is 31.4 Å². The summed E-state index contributed by atoms with van der Waals surface area (Å²) in [7, 11) is 1.56. The lowest BCUT2D eigenvalue weighted by Gasteiger charge is -2.26. The van der Waals surface area contributed by atoms with Crippen molar-refractivity contribution in [1.82, 2.24) is 20.2 Å². The van der Waals surface area contributed by atoms with Crippen molar-refractivity contribution in [3.63, 3.8) is 0 Å². The van der Waals surface area contributed by atoms with Gasteiger partial charge in [0.25, 0.3) is 5.91 Å². The fourth-order valence-corrected chi connectivity index (χ4v) is 5.46. The zero-order valence-electron chi connectivity index (χ0n) is 23.5. The first kappa shape index (κ1) is 29.8. The third-order valence-corrected chi connectivity index (χ3v) is 7.74. The van der Waals surface area contributed by atoms with E-state index in [9.17, 15) is 22.8 Å². The molecule has 0 aliphatic carbocycles. The van der Waals surface area contributed by atoms with Crippen molar-refractivity contribution in [1.29, 1.82) is 0 Å². The van der Waals surface area contributed by atoms with Gasteiger partial charge in [0, 0.05) is 18.3 Å². The van der Waals surface area contributed by atoms with E-state index in [1.807, 2.05) is 36.4 Å². The van der Waals surface area contributed by atoms with Gasteiger partial charge in [-0.15, -0.1) is 11.8 Å². The van der Waals surface area contributed by atoms with Gasteiger partial charge in [0.2, 0.25) is 11.7 Å². The topological polar surface area (TPSA) is 105 Å². The van der Waals surface area contributed by atoms with Crippen LogP contribution in [-0.2, 0) is 18.0 Å². The number of alkyl halides is 3. The molecule has 3 aromatic carbocycles. The van der Waals surface area contributed by atoms with Crippen molar-refractivity contribution in [3.8, 4) is 11.4 Å². The Morgan fingerprint density at radius 3 is 2.44 bits per heavy atom. The van der Waals surface area contributed by atoms with Crippen LogP contribution in [0.25, 0.3) is 11.4 Å². The molecular formula is C30H28F3N7O2S. The highest BCUT2D eigenvalue weighted by molar-refractivity contribution is 8.01. The molecule has 1 aromatic heterocycles. The number of nitrogens with one attached hydrogen (secondary N) is 2. The number of rotatable bonds is 8. The molecule has 0 spiro atoms. The van der Waals surface area contributed by atoms with Crippen LogP contribution >= 0.6 is 11.8 Å². The van der Waals surface area contributed by atoms with E-state index in [1.165, 1.54) is 28.6 Å². The predicted molar refractivity (Wildman–Crippen MR) is 161 cm³/mol. The standard InChI is InChI=1S/C30H28F3N7O2S/c1-18(2)23-6-4-5-7-24(23)40-25(41)17-43-29(40)37-34-16-19-8-10-20(11-9-19)26-36-27(39(3)38-26)28(42)35-22-14-12-21(13-15-22)30(31,32)33/h4-16,18,29,37H,17H2,1-3H3,(H,35,42)/b34-16+. The second kappa shape index (κ2) is 12.3. The number of hydrazone groups is 1. The molecule has 2 N–H and O–H groups in total. The average Bonchev–Trinajstić information content (AvgIpc) is 3.55. The molecule has 0 radical (unpaired) electrons. The molecule has 13 heteroatoms. The van der Waals surface area contributed by atoms with Gasteiger partial charge in [0.05, 0.1) is 23.2 Å². The maximum atomic E-state index is 12.8. The second-order valence-corrected chi connectivity index (χ2v) is 11.1. The van der Waals surface area contributed by atoms with Gasteiger partial charge in [-0.3, -0.25) is 19.9 Å². The van der Waals surface area contributed by atoms with Crippen LogP contribution in [0.5, 0.6) is 0 Å². The molecule has 9 nitrogen and oxygen atoms in total. The number of nitrogens with zero attached hydrogens (tertiary/aromatic N) is 5. The van der Waals surface area contributed by atoms with Crippen LogP contribution in [0.4, 0.5) is 24.5 Å². The Hall–Kier alpha value is -4.65. The number of hydrogen-bond donors (Lipinski definition) is 2. The lowest BCUT2D eigenvalue weighted by atomic mass is 10.0. The molecule has 222 valence electrons. The lowest BCUT2D eigenvalue weighted by Crippen LogP contribution is -2.40. The fourth-order valence-electron chi connectivity index (χ4n) is 4.50. The summed E-state index contributed by atoms with van der Waals surface area (Å²) in [5.41, 5.74) is 5.55. The molecule has 43 heavy (non-hydrogen) atoms. The van der Waals surface area contributed by atoms with Gasteiger partial charge in [0.15, 0.2) is 11.3 Å². The minimum absolute atomic E-state index is 0.00283. The van der Waals surface area contributed by atoms with E-state index < -0.39 is 17.6 Å². The normalized spacial score (nSPS) is 15.5. The summed E-state index contributed by atoms with van der Waals surface area (Å²) >= 11 is 1.47. The Kier molecular flexibility index (Phi) is 8.53. The highest BCUT2D eigenvalue weighted by Gasteiger charge is 2.34. The zero-order chi connectivity index (χ0) is 30.7. The van der Waals surface area contributed by atoms with E-state index in [1.54, 1.807) is 30.3 Å². The summed E-state index contributed by atoms with van der Waals surface area (Å²) in [5.74, 6) is 0.333.